The summed E-state index contributed by atoms with van der Waals surface area (Å²) in [6, 6.07) is 18.8. The number of benzene rings is 2. The molecule has 0 spiro atoms. The van der Waals surface area contributed by atoms with Gasteiger partial charge in [-0.25, -0.2) is 0 Å². The molecule has 2 nitrogen and oxygen atoms in total. The molecule has 0 radical (unpaired) electrons. The van der Waals surface area contributed by atoms with E-state index in [1.165, 1.54) is 11.1 Å². The molecule has 3 heteroatoms. The van der Waals surface area contributed by atoms with Crippen molar-refractivity contribution in [2.24, 2.45) is 11.1 Å². The third kappa shape index (κ3) is 2.98. The Morgan fingerprint density at radius 3 is 2.48 bits per heavy atom. The highest BCUT2D eigenvalue weighted by Crippen LogP contribution is 2.41. The van der Waals surface area contributed by atoms with Crippen LogP contribution in [0, 0.1) is 5.41 Å². The van der Waals surface area contributed by atoms with Crippen molar-refractivity contribution in [2.45, 2.75) is 12.3 Å². The molecular weight excluding hydrogens is 280 g/mol. The zero-order valence-electron chi connectivity index (χ0n) is 12.1. The third-order valence-corrected chi connectivity index (χ3v) is 4.89. The Balaban J connectivity index is 1.90. The molecule has 3 N–H and O–H groups in total. The Bertz CT molecular complexity index is 582. The molecule has 0 bridgehead atoms. The summed E-state index contributed by atoms with van der Waals surface area (Å²) in [6.07, 6.45) is 1.00. The van der Waals surface area contributed by atoms with Crippen LogP contribution in [0.2, 0.25) is 5.02 Å². The minimum atomic E-state index is 0.0786. The van der Waals surface area contributed by atoms with E-state index in [0.29, 0.717) is 12.5 Å². The monoisotopic (exact) mass is 300 g/mol. The second kappa shape index (κ2) is 6.18. The fourth-order valence-corrected chi connectivity index (χ4v) is 3.57. The van der Waals surface area contributed by atoms with Crippen molar-refractivity contribution in [1.29, 1.82) is 0 Å². The zero-order chi connectivity index (χ0) is 14.7. The molecule has 2 atom stereocenters. The summed E-state index contributed by atoms with van der Waals surface area (Å²) >= 11 is 6.01. The van der Waals surface area contributed by atoms with Crippen LogP contribution in [-0.2, 0) is 6.42 Å². The first-order chi connectivity index (χ1) is 10.2. The lowest BCUT2D eigenvalue weighted by Crippen LogP contribution is -2.39. The Morgan fingerprint density at radius 1 is 1.10 bits per heavy atom. The number of hydrogen-bond acceptors (Lipinski definition) is 2. The predicted octanol–water partition coefficient (Wildman–Crippen LogP) is 3.21. The first-order valence-electron chi connectivity index (χ1n) is 7.44. The number of nitrogens with one attached hydrogen (secondary N) is 1. The fourth-order valence-electron chi connectivity index (χ4n) is 3.45. The van der Waals surface area contributed by atoms with Gasteiger partial charge in [-0.15, -0.1) is 0 Å². The van der Waals surface area contributed by atoms with Gasteiger partial charge in [0.15, 0.2) is 0 Å². The van der Waals surface area contributed by atoms with E-state index in [2.05, 4.69) is 47.8 Å². The van der Waals surface area contributed by atoms with Gasteiger partial charge >= 0.3 is 0 Å². The molecule has 1 aliphatic heterocycles. The van der Waals surface area contributed by atoms with Crippen LogP contribution in [0.15, 0.2) is 54.6 Å². The molecule has 0 amide bonds. The molecule has 21 heavy (non-hydrogen) atoms. The summed E-state index contributed by atoms with van der Waals surface area (Å²) in [5.41, 5.74) is 8.96. The zero-order valence-corrected chi connectivity index (χ0v) is 12.8. The van der Waals surface area contributed by atoms with E-state index in [0.717, 1.165) is 24.5 Å². The van der Waals surface area contributed by atoms with Crippen LogP contribution in [0.5, 0.6) is 0 Å². The number of nitrogens with two attached hydrogens (primary N) is 1. The lowest BCUT2D eigenvalue weighted by atomic mass is 9.70. The molecule has 3 rings (SSSR count). The topological polar surface area (TPSA) is 38.0 Å². The molecule has 1 heterocycles. The van der Waals surface area contributed by atoms with Gasteiger partial charge in [0.25, 0.3) is 0 Å². The SMILES string of the molecule is NC[C@@]1(Cc2ccccc2)CNC[C@@H]1c1ccc(Cl)cc1. The van der Waals surface area contributed by atoms with Crippen LogP contribution in [0.4, 0.5) is 0 Å². The first-order valence-corrected chi connectivity index (χ1v) is 7.81. The van der Waals surface area contributed by atoms with Crippen LogP contribution >= 0.6 is 11.6 Å². The number of halogens is 1. The minimum absolute atomic E-state index is 0.0786. The van der Waals surface area contributed by atoms with Gasteiger partial charge in [0, 0.05) is 36.0 Å². The Kier molecular flexibility index (Phi) is 4.29. The number of hydrogen-bond donors (Lipinski definition) is 2. The fraction of sp³-hybridized carbons (Fsp3) is 0.333. The van der Waals surface area contributed by atoms with E-state index < -0.39 is 0 Å². The molecule has 1 fully saturated rings. The quantitative estimate of drug-likeness (QED) is 0.910. The molecule has 0 unspecified atom stereocenters. The van der Waals surface area contributed by atoms with Gasteiger partial charge in [-0.2, -0.15) is 0 Å². The molecule has 110 valence electrons. The van der Waals surface area contributed by atoms with E-state index in [4.69, 9.17) is 17.3 Å². The highest BCUT2D eigenvalue weighted by atomic mass is 35.5. The average molecular weight is 301 g/mol. The van der Waals surface area contributed by atoms with E-state index in [-0.39, 0.29) is 5.41 Å². The second-order valence-electron chi connectivity index (χ2n) is 5.96. The van der Waals surface area contributed by atoms with Crippen molar-refractivity contribution in [1.82, 2.24) is 5.32 Å². The highest BCUT2D eigenvalue weighted by molar-refractivity contribution is 6.30. The van der Waals surface area contributed by atoms with Gasteiger partial charge in [0.05, 0.1) is 0 Å². The van der Waals surface area contributed by atoms with Crippen molar-refractivity contribution >= 4 is 11.6 Å². The van der Waals surface area contributed by atoms with Crippen LogP contribution in [0.1, 0.15) is 17.0 Å². The van der Waals surface area contributed by atoms with Crippen LogP contribution in [0.3, 0.4) is 0 Å². The smallest absolute Gasteiger partial charge is 0.0406 e. The van der Waals surface area contributed by atoms with E-state index in [9.17, 15) is 0 Å². The second-order valence-corrected chi connectivity index (χ2v) is 6.40. The number of rotatable bonds is 4. The van der Waals surface area contributed by atoms with Gasteiger partial charge in [0.2, 0.25) is 0 Å². The maximum Gasteiger partial charge on any atom is 0.0406 e. The van der Waals surface area contributed by atoms with E-state index >= 15 is 0 Å². The summed E-state index contributed by atoms with van der Waals surface area (Å²) in [5.74, 6) is 0.431. The normalized spacial score (nSPS) is 25.1. The molecule has 0 saturated carbocycles. The standard InChI is InChI=1S/C18H21ClN2/c19-16-8-6-15(7-9-16)17-11-21-13-18(17,12-20)10-14-4-2-1-3-5-14/h1-9,17,21H,10-13,20H2/t17-,18+/m1/s1. The van der Waals surface area contributed by atoms with Crippen molar-refractivity contribution in [3.63, 3.8) is 0 Å². The summed E-state index contributed by atoms with van der Waals surface area (Å²) in [7, 11) is 0. The maximum absolute atomic E-state index is 6.21. The molecule has 0 aliphatic carbocycles. The van der Waals surface area contributed by atoms with Crippen molar-refractivity contribution in [3.8, 4) is 0 Å². The molecule has 1 saturated heterocycles. The van der Waals surface area contributed by atoms with Crippen molar-refractivity contribution < 1.29 is 0 Å². The van der Waals surface area contributed by atoms with Crippen molar-refractivity contribution in [3.05, 3.63) is 70.7 Å². The summed E-state index contributed by atoms with van der Waals surface area (Å²) in [6.45, 7) is 2.62. The van der Waals surface area contributed by atoms with E-state index in [1.54, 1.807) is 0 Å². The Labute approximate surface area is 131 Å². The van der Waals surface area contributed by atoms with Crippen LogP contribution in [-0.4, -0.2) is 19.6 Å². The lowest BCUT2D eigenvalue weighted by Gasteiger charge is -2.34. The van der Waals surface area contributed by atoms with Crippen molar-refractivity contribution in [2.75, 3.05) is 19.6 Å². The average Bonchev–Trinajstić information content (AvgIpc) is 2.93. The maximum atomic E-state index is 6.21. The third-order valence-electron chi connectivity index (χ3n) is 4.64. The van der Waals surface area contributed by atoms with Gasteiger partial charge in [-0.1, -0.05) is 54.1 Å². The first kappa shape index (κ1) is 14.6. The molecule has 0 aromatic heterocycles. The highest BCUT2D eigenvalue weighted by Gasteiger charge is 2.42. The Hall–Kier alpha value is -1.35. The Morgan fingerprint density at radius 2 is 1.81 bits per heavy atom. The van der Waals surface area contributed by atoms with Gasteiger partial charge in [-0.05, 0) is 29.7 Å². The summed E-state index contributed by atoms with van der Waals surface area (Å²) in [4.78, 5) is 0. The van der Waals surface area contributed by atoms with Crippen LogP contribution < -0.4 is 11.1 Å². The molecule has 2 aromatic carbocycles. The van der Waals surface area contributed by atoms with Gasteiger partial charge < -0.3 is 11.1 Å². The largest absolute Gasteiger partial charge is 0.330 e. The summed E-state index contributed by atoms with van der Waals surface area (Å²) in [5, 5.41) is 4.32. The van der Waals surface area contributed by atoms with E-state index in [1.807, 2.05) is 12.1 Å². The van der Waals surface area contributed by atoms with Gasteiger partial charge in [-0.3, -0.25) is 0 Å². The minimum Gasteiger partial charge on any atom is -0.330 e. The van der Waals surface area contributed by atoms with Gasteiger partial charge in [0.1, 0.15) is 0 Å². The molecule has 1 aliphatic rings. The predicted molar refractivity (Wildman–Crippen MR) is 88.7 cm³/mol. The van der Waals surface area contributed by atoms with Crippen LogP contribution in [0.25, 0.3) is 0 Å². The summed E-state index contributed by atoms with van der Waals surface area (Å²) < 4.78 is 0. The molecular formula is C18H21ClN2. The lowest BCUT2D eigenvalue weighted by molar-refractivity contribution is 0.293. The molecule has 2 aromatic rings.